The van der Waals surface area contributed by atoms with Crippen LogP contribution < -0.4 is 10.2 Å². The van der Waals surface area contributed by atoms with Crippen molar-refractivity contribution in [2.45, 2.75) is 13.0 Å². The zero-order valence-electron chi connectivity index (χ0n) is 14.5. The van der Waals surface area contributed by atoms with E-state index in [2.05, 4.69) is 25.3 Å². The van der Waals surface area contributed by atoms with Gasteiger partial charge in [0.25, 0.3) is 5.91 Å². The number of nitrogens with zero attached hydrogens (tertiary/aromatic N) is 5. The Morgan fingerprint density at radius 3 is 2.69 bits per heavy atom. The van der Waals surface area contributed by atoms with Gasteiger partial charge in [0.1, 0.15) is 17.8 Å². The summed E-state index contributed by atoms with van der Waals surface area (Å²) in [5, 5.41) is 2.82. The lowest BCUT2D eigenvalue weighted by atomic mass is 10.2. The fourth-order valence-corrected chi connectivity index (χ4v) is 2.40. The summed E-state index contributed by atoms with van der Waals surface area (Å²) in [5.74, 6) is 0.457. The largest absolute Gasteiger partial charge is 0.359 e. The van der Waals surface area contributed by atoms with Crippen molar-refractivity contribution in [2.75, 3.05) is 18.5 Å². The lowest BCUT2D eigenvalue weighted by Gasteiger charge is -2.18. The molecule has 7 heteroatoms. The van der Waals surface area contributed by atoms with Gasteiger partial charge in [0.2, 0.25) is 0 Å². The molecule has 3 rings (SSSR count). The van der Waals surface area contributed by atoms with Gasteiger partial charge in [0, 0.05) is 38.2 Å². The summed E-state index contributed by atoms with van der Waals surface area (Å²) in [6.45, 7) is 1.13. The van der Waals surface area contributed by atoms with Gasteiger partial charge in [-0.25, -0.2) is 9.97 Å². The Labute approximate surface area is 152 Å². The van der Waals surface area contributed by atoms with E-state index in [-0.39, 0.29) is 5.91 Å². The highest BCUT2D eigenvalue weighted by molar-refractivity contribution is 5.92. The molecule has 26 heavy (non-hydrogen) atoms. The number of likely N-dealkylation sites (N-methyl/N-ethyl adjacent to an activating group) is 1. The van der Waals surface area contributed by atoms with Gasteiger partial charge in [-0.3, -0.25) is 14.8 Å². The number of pyridine rings is 2. The molecule has 1 amide bonds. The summed E-state index contributed by atoms with van der Waals surface area (Å²) in [4.78, 5) is 30.9. The SMILES string of the molecule is CN(CCc1ccncc1)c1cc(C(=O)NCc2ccccn2)ncn1. The van der Waals surface area contributed by atoms with Crippen LogP contribution >= 0.6 is 0 Å². The number of hydrogen-bond acceptors (Lipinski definition) is 6. The summed E-state index contributed by atoms with van der Waals surface area (Å²) < 4.78 is 0. The monoisotopic (exact) mass is 348 g/mol. The Morgan fingerprint density at radius 1 is 1.08 bits per heavy atom. The first-order valence-electron chi connectivity index (χ1n) is 8.32. The van der Waals surface area contributed by atoms with Gasteiger partial charge >= 0.3 is 0 Å². The third kappa shape index (κ3) is 4.83. The van der Waals surface area contributed by atoms with E-state index in [1.807, 2.05) is 42.3 Å². The van der Waals surface area contributed by atoms with E-state index in [4.69, 9.17) is 0 Å². The van der Waals surface area contributed by atoms with Crippen LogP contribution in [0.25, 0.3) is 0 Å². The maximum atomic E-state index is 12.3. The van der Waals surface area contributed by atoms with Gasteiger partial charge in [-0.1, -0.05) is 6.07 Å². The highest BCUT2D eigenvalue weighted by Gasteiger charge is 2.11. The molecule has 0 aromatic carbocycles. The van der Waals surface area contributed by atoms with Crippen LogP contribution in [-0.2, 0) is 13.0 Å². The maximum absolute atomic E-state index is 12.3. The van der Waals surface area contributed by atoms with Gasteiger partial charge < -0.3 is 10.2 Å². The van der Waals surface area contributed by atoms with Crippen molar-refractivity contribution in [3.8, 4) is 0 Å². The summed E-state index contributed by atoms with van der Waals surface area (Å²) in [5.41, 5.74) is 2.33. The number of carbonyl (C=O) groups is 1. The highest BCUT2D eigenvalue weighted by Crippen LogP contribution is 2.10. The molecule has 0 saturated carbocycles. The molecule has 0 bridgehead atoms. The van der Waals surface area contributed by atoms with Crippen molar-refractivity contribution in [3.63, 3.8) is 0 Å². The summed E-state index contributed by atoms with van der Waals surface area (Å²) >= 11 is 0. The number of anilines is 1. The molecule has 132 valence electrons. The fourth-order valence-electron chi connectivity index (χ4n) is 2.40. The third-order valence-electron chi connectivity index (χ3n) is 3.92. The molecule has 3 aromatic rings. The minimum Gasteiger partial charge on any atom is -0.359 e. The second-order valence-electron chi connectivity index (χ2n) is 5.79. The number of amides is 1. The number of nitrogens with one attached hydrogen (secondary N) is 1. The Morgan fingerprint density at radius 2 is 1.92 bits per heavy atom. The highest BCUT2D eigenvalue weighted by atomic mass is 16.1. The molecule has 3 aromatic heterocycles. The van der Waals surface area contributed by atoms with Crippen LogP contribution in [0, 0.1) is 0 Å². The second-order valence-corrected chi connectivity index (χ2v) is 5.79. The Hall–Kier alpha value is -3.35. The second kappa shape index (κ2) is 8.66. The van der Waals surface area contributed by atoms with Gasteiger partial charge in [0.05, 0.1) is 12.2 Å². The van der Waals surface area contributed by atoms with Gasteiger partial charge in [-0.15, -0.1) is 0 Å². The minimum atomic E-state index is -0.248. The van der Waals surface area contributed by atoms with Crippen LogP contribution in [0.4, 0.5) is 5.82 Å². The number of rotatable bonds is 7. The maximum Gasteiger partial charge on any atom is 0.270 e. The van der Waals surface area contributed by atoms with Crippen LogP contribution in [-0.4, -0.2) is 39.4 Å². The molecule has 0 atom stereocenters. The molecule has 0 aliphatic carbocycles. The van der Waals surface area contributed by atoms with Gasteiger partial charge in [0.15, 0.2) is 0 Å². The summed E-state index contributed by atoms with van der Waals surface area (Å²) in [7, 11) is 1.94. The molecule has 1 N–H and O–H groups in total. The van der Waals surface area contributed by atoms with E-state index in [0.29, 0.717) is 18.1 Å². The fraction of sp³-hybridized carbons (Fsp3) is 0.211. The molecular weight excluding hydrogens is 328 g/mol. The Kier molecular flexibility index (Phi) is 5.82. The summed E-state index contributed by atoms with van der Waals surface area (Å²) in [6, 6.07) is 11.3. The molecule has 0 aliphatic heterocycles. The average Bonchev–Trinajstić information content (AvgIpc) is 2.72. The van der Waals surface area contributed by atoms with Crippen molar-refractivity contribution in [2.24, 2.45) is 0 Å². The normalized spacial score (nSPS) is 10.3. The predicted octanol–water partition coefficient (Wildman–Crippen LogP) is 1.88. The topological polar surface area (TPSA) is 83.9 Å². The van der Waals surface area contributed by atoms with Crippen LogP contribution in [0.3, 0.4) is 0 Å². The van der Waals surface area contributed by atoms with Crippen LogP contribution in [0.5, 0.6) is 0 Å². The predicted molar refractivity (Wildman–Crippen MR) is 98.7 cm³/mol. The first-order chi connectivity index (χ1) is 12.7. The van der Waals surface area contributed by atoms with Crippen molar-refractivity contribution in [1.82, 2.24) is 25.3 Å². The average molecular weight is 348 g/mol. The van der Waals surface area contributed by atoms with Crippen molar-refractivity contribution < 1.29 is 4.79 Å². The molecular formula is C19H20N6O. The van der Waals surface area contributed by atoms with Crippen LogP contribution in [0.15, 0.2) is 61.3 Å². The van der Waals surface area contributed by atoms with Crippen molar-refractivity contribution in [3.05, 3.63) is 78.3 Å². The third-order valence-corrected chi connectivity index (χ3v) is 3.92. The van der Waals surface area contributed by atoms with E-state index < -0.39 is 0 Å². The molecule has 7 nitrogen and oxygen atoms in total. The first kappa shape index (κ1) is 17.5. The zero-order chi connectivity index (χ0) is 18.2. The quantitative estimate of drug-likeness (QED) is 0.702. The first-order valence-corrected chi connectivity index (χ1v) is 8.32. The molecule has 0 fully saturated rings. The van der Waals surface area contributed by atoms with Crippen molar-refractivity contribution >= 4 is 11.7 Å². The van der Waals surface area contributed by atoms with E-state index in [0.717, 1.165) is 18.7 Å². The smallest absolute Gasteiger partial charge is 0.270 e. The lowest BCUT2D eigenvalue weighted by Crippen LogP contribution is -2.26. The number of aromatic nitrogens is 4. The standard InChI is InChI=1S/C19H20N6O/c1-25(11-7-15-5-9-20-10-6-15)18-12-17(23-14-24-18)19(26)22-13-16-4-2-3-8-21-16/h2-6,8-10,12,14H,7,11,13H2,1H3,(H,22,26). The van der Waals surface area contributed by atoms with Gasteiger partial charge in [-0.05, 0) is 36.2 Å². The molecule has 3 heterocycles. The van der Waals surface area contributed by atoms with Crippen LogP contribution in [0.1, 0.15) is 21.7 Å². The molecule has 0 saturated heterocycles. The Balaban J connectivity index is 1.59. The Bertz CT molecular complexity index is 841. The number of carbonyl (C=O) groups excluding carboxylic acids is 1. The van der Waals surface area contributed by atoms with Crippen LogP contribution in [0.2, 0.25) is 0 Å². The van der Waals surface area contributed by atoms with E-state index >= 15 is 0 Å². The zero-order valence-corrected chi connectivity index (χ0v) is 14.5. The lowest BCUT2D eigenvalue weighted by molar-refractivity contribution is 0.0945. The molecule has 0 spiro atoms. The molecule has 0 aliphatic rings. The summed E-state index contributed by atoms with van der Waals surface area (Å²) in [6.07, 6.45) is 7.54. The molecule has 0 unspecified atom stereocenters. The van der Waals surface area contributed by atoms with Gasteiger partial charge in [-0.2, -0.15) is 0 Å². The molecule has 0 radical (unpaired) electrons. The minimum absolute atomic E-state index is 0.248. The van der Waals surface area contributed by atoms with E-state index in [9.17, 15) is 4.79 Å². The van der Waals surface area contributed by atoms with Crippen molar-refractivity contribution in [1.29, 1.82) is 0 Å². The van der Waals surface area contributed by atoms with E-state index in [1.165, 1.54) is 11.9 Å². The number of hydrogen-bond donors (Lipinski definition) is 1. The van der Waals surface area contributed by atoms with E-state index in [1.54, 1.807) is 24.7 Å².